The Labute approximate surface area is 139 Å². The number of amides is 1. The Balaban J connectivity index is 1.56. The van der Waals surface area contributed by atoms with Gasteiger partial charge in [0.15, 0.2) is 0 Å². The van der Waals surface area contributed by atoms with E-state index in [4.69, 9.17) is 4.74 Å². The minimum atomic E-state index is 0.0554. The number of unbranched alkanes of at least 4 members (excludes halogenated alkanes) is 2. The van der Waals surface area contributed by atoms with E-state index < -0.39 is 0 Å². The third-order valence-corrected chi connectivity index (χ3v) is 4.42. The van der Waals surface area contributed by atoms with Gasteiger partial charge in [-0.3, -0.25) is 15.6 Å². The zero-order chi connectivity index (χ0) is 16.5. The number of hydrazine groups is 1. The van der Waals surface area contributed by atoms with Crippen LogP contribution in [0.25, 0.3) is 0 Å². The number of nitrogens with zero attached hydrogens (tertiary/aromatic N) is 1. The van der Waals surface area contributed by atoms with E-state index >= 15 is 0 Å². The number of methoxy groups -OCH3 is 1. The van der Waals surface area contributed by atoms with Gasteiger partial charge in [-0.25, -0.2) is 0 Å². The van der Waals surface area contributed by atoms with Crippen molar-refractivity contribution in [2.75, 3.05) is 27.3 Å². The fraction of sp³-hybridized carbons (Fsp3) is 0.611. The highest BCUT2D eigenvalue weighted by Gasteiger charge is 2.24. The monoisotopic (exact) mass is 319 g/mol. The van der Waals surface area contributed by atoms with Crippen LogP contribution >= 0.6 is 0 Å². The number of ether oxygens (including phenoxy) is 1. The number of likely N-dealkylation sites (N-methyl/N-ethyl adjacent to an activating group) is 1. The van der Waals surface area contributed by atoms with Gasteiger partial charge in [-0.15, -0.1) is 0 Å². The van der Waals surface area contributed by atoms with Gasteiger partial charge in [-0.1, -0.05) is 43.2 Å². The van der Waals surface area contributed by atoms with E-state index in [0.29, 0.717) is 12.1 Å². The van der Waals surface area contributed by atoms with E-state index in [0.717, 1.165) is 25.8 Å². The molecule has 0 aromatic heterocycles. The van der Waals surface area contributed by atoms with Crippen LogP contribution < -0.4 is 10.9 Å². The molecule has 5 heteroatoms. The number of benzene rings is 1. The summed E-state index contributed by atoms with van der Waals surface area (Å²) in [6, 6.07) is 11.5. The second-order valence-corrected chi connectivity index (χ2v) is 6.28. The highest BCUT2D eigenvalue weighted by atomic mass is 16.5. The summed E-state index contributed by atoms with van der Waals surface area (Å²) in [4.78, 5) is 13.3. The highest BCUT2D eigenvalue weighted by molar-refractivity contribution is 5.77. The molecular weight excluding hydrogens is 290 g/mol. The first-order valence-electron chi connectivity index (χ1n) is 8.49. The molecule has 5 nitrogen and oxygen atoms in total. The van der Waals surface area contributed by atoms with Crippen molar-refractivity contribution in [3.63, 3.8) is 0 Å². The van der Waals surface area contributed by atoms with E-state index in [9.17, 15) is 4.79 Å². The molecule has 128 valence electrons. The van der Waals surface area contributed by atoms with Gasteiger partial charge >= 0.3 is 0 Å². The van der Waals surface area contributed by atoms with Crippen molar-refractivity contribution in [1.29, 1.82) is 0 Å². The van der Waals surface area contributed by atoms with Crippen molar-refractivity contribution in [2.24, 2.45) is 0 Å². The predicted octanol–water partition coefficient (Wildman–Crippen LogP) is 2.26. The molecule has 1 aromatic carbocycles. The Kier molecular flexibility index (Phi) is 7.52. The maximum absolute atomic E-state index is 11.6. The van der Waals surface area contributed by atoms with Gasteiger partial charge in [0.25, 0.3) is 0 Å². The summed E-state index contributed by atoms with van der Waals surface area (Å²) in [5.74, 6) is 0.0554. The normalized spacial score (nSPS) is 20.6. The lowest BCUT2D eigenvalue weighted by atomic mass is 9.99. The Morgan fingerprint density at radius 2 is 2.00 bits per heavy atom. The lowest BCUT2D eigenvalue weighted by Crippen LogP contribution is -2.31. The van der Waals surface area contributed by atoms with Gasteiger partial charge in [0, 0.05) is 32.8 Å². The zero-order valence-corrected chi connectivity index (χ0v) is 14.3. The summed E-state index contributed by atoms with van der Waals surface area (Å²) < 4.78 is 4.86. The van der Waals surface area contributed by atoms with Crippen LogP contribution in [0.2, 0.25) is 0 Å². The fourth-order valence-electron chi connectivity index (χ4n) is 2.99. The standard InChI is InChI=1S/C18H29N3O2/c1-21(18(22)14-23-2)12-8-4-7-11-16-13-17(20-19-16)15-9-5-3-6-10-15/h3,5-6,9-10,16-17,19-20H,4,7-8,11-14H2,1-2H3. The summed E-state index contributed by atoms with van der Waals surface area (Å²) in [7, 11) is 3.39. The Bertz CT molecular complexity index is 467. The maximum atomic E-state index is 11.6. The van der Waals surface area contributed by atoms with E-state index in [2.05, 4.69) is 41.2 Å². The average Bonchev–Trinajstić information content (AvgIpc) is 3.04. The van der Waals surface area contributed by atoms with Crippen LogP contribution in [-0.2, 0) is 9.53 Å². The molecule has 0 bridgehead atoms. The molecule has 1 saturated heterocycles. The first kappa shape index (κ1) is 17.9. The first-order chi connectivity index (χ1) is 11.2. The fourth-order valence-corrected chi connectivity index (χ4v) is 2.99. The molecule has 2 atom stereocenters. The Morgan fingerprint density at radius 1 is 1.22 bits per heavy atom. The van der Waals surface area contributed by atoms with Gasteiger partial charge in [-0.05, 0) is 24.8 Å². The second-order valence-electron chi connectivity index (χ2n) is 6.28. The van der Waals surface area contributed by atoms with Crippen molar-refractivity contribution in [2.45, 2.75) is 44.2 Å². The van der Waals surface area contributed by atoms with Crippen LogP contribution in [0.3, 0.4) is 0 Å². The first-order valence-corrected chi connectivity index (χ1v) is 8.49. The number of carbonyl (C=O) groups is 1. The molecule has 2 N–H and O–H groups in total. The smallest absolute Gasteiger partial charge is 0.248 e. The van der Waals surface area contributed by atoms with Crippen LogP contribution in [0.5, 0.6) is 0 Å². The molecule has 0 saturated carbocycles. The van der Waals surface area contributed by atoms with Gasteiger partial charge in [0.2, 0.25) is 5.91 Å². The molecule has 2 unspecified atom stereocenters. The second kappa shape index (κ2) is 9.65. The largest absolute Gasteiger partial charge is 0.375 e. The summed E-state index contributed by atoms with van der Waals surface area (Å²) in [6.07, 6.45) is 5.70. The van der Waals surface area contributed by atoms with Gasteiger partial charge in [-0.2, -0.15) is 0 Å². The van der Waals surface area contributed by atoms with Crippen molar-refractivity contribution < 1.29 is 9.53 Å². The molecular formula is C18H29N3O2. The number of hydrogen-bond acceptors (Lipinski definition) is 4. The quantitative estimate of drug-likeness (QED) is 0.686. The molecule has 1 fully saturated rings. The van der Waals surface area contributed by atoms with E-state index in [1.807, 2.05) is 7.05 Å². The highest BCUT2D eigenvalue weighted by Crippen LogP contribution is 2.24. The summed E-state index contributed by atoms with van der Waals surface area (Å²) >= 11 is 0. The van der Waals surface area contributed by atoms with Gasteiger partial charge in [0.1, 0.15) is 6.61 Å². The minimum absolute atomic E-state index is 0.0554. The number of hydrogen-bond donors (Lipinski definition) is 2. The van der Waals surface area contributed by atoms with E-state index in [-0.39, 0.29) is 12.5 Å². The Hall–Kier alpha value is -1.43. The lowest BCUT2D eigenvalue weighted by Gasteiger charge is -2.16. The molecule has 0 aliphatic carbocycles. The molecule has 1 aliphatic rings. The molecule has 1 amide bonds. The Morgan fingerprint density at radius 3 is 2.74 bits per heavy atom. The van der Waals surface area contributed by atoms with Crippen LogP contribution in [0.1, 0.15) is 43.7 Å². The summed E-state index contributed by atoms with van der Waals surface area (Å²) in [5, 5.41) is 0. The summed E-state index contributed by atoms with van der Waals surface area (Å²) in [5.41, 5.74) is 8.15. The van der Waals surface area contributed by atoms with E-state index in [1.165, 1.54) is 18.4 Å². The van der Waals surface area contributed by atoms with Crippen LogP contribution in [-0.4, -0.2) is 44.2 Å². The average molecular weight is 319 g/mol. The number of nitrogens with one attached hydrogen (secondary N) is 2. The molecule has 1 heterocycles. The van der Waals surface area contributed by atoms with E-state index in [1.54, 1.807) is 12.0 Å². The maximum Gasteiger partial charge on any atom is 0.248 e. The molecule has 1 aliphatic heterocycles. The van der Waals surface area contributed by atoms with Crippen LogP contribution in [0.4, 0.5) is 0 Å². The third kappa shape index (κ3) is 5.94. The summed E-state index contributed by atoms with van der Waals surface area (Å²) in [6.45, 7) is 0.986. The van der Waals surface area contributed by atoms with Crippen LogP contribution in [0, 0.1) is 0 Å². The zero-order valence-electron chi connectivity index (χ0n) is 14.3. The molecule has 2 rings (SSSR count). The number of rotatable bonds is 9. The lowest BCUT2D eigenvalue weighted by molar-refractivity contribution is -0.133. The van der Waals surface area contributed by atoms with Crippen molar-refractivity contribution >= 4 is 5.91 Å². The molecule has 23 heavy (non-hydrogen) atoms. The van der Waals surface area contributed by atoms with Crippen molar-refractivity contribution in [3.8, 4) is 0 Å². The van der Waals surface area contributed by atoms with Crippen molar-refractivity contribution in [3.05, 3.63) is 35.9 Å². The van der Waals surface area contributed by atoms with Gasteiger partial charge < -0.3 is 9.64 Å². The predicted molar refractivity (Wildman–Crippen MR) is 91.8 cm³/mol. The molecule has 0 radical (unpaired) electrons. The number of carbonyl (C=O) groups excluding carboxylic acids is 1. The molecule has 1 aromatic rings. The van der Waals surface area contributed by atoms with Crippen LogP contribution in [0.15, 0.2) is 30.3 Å². The minimum Gasteiger partial charge on any atom is -0.375 e. The molecule has 0 spiro atoms. The third-order valence-electron chi connectivity index (χ3n) is 4.42. The van der Waals surface area contributed by atoms with Crippen molar-refractivity contribution in [1.82, 2.24) is 15.8 Å². The van der Waals surface area contributed by atoms with Gasteiger partial charge in [0.05, 0.1) is 0 Å². The topological polar surface area (TPSA) is 53.6 Å². The SMILES string of the molecule is COCC(=O)N(C)CCCCCC1CC(c2ccccc2)NN1.